The molecule has 1 atom stereocenters. The summed E-state index contributed by atoms with van der Waals surface area (Å²) in [4.78, 5) is 6.75. The summed E-state index contributed by atoms with van der Waals surface area (Å²) in [5.74, 6) is 0.769. The van der Waals surface area contributed by atoms with Crippen LogP contribution in [0, 0.1) is 6.92 Å². The number of aromatic nitrogens is 1. The number of nitrogens with one attached hydrogen (secondary N) is 2. The third-order valence-corrected chi connectivity index (χ3v) is 4.84. The van der Waals surface area contributed by atoms with E-state index in [4.69, 9.17) is 12.2 Å². The van der Waals surface area contributed by atoms with Gasteiger partial charge in [-0.15, -0.1) is 0 Å². The van der Waals surface area contributed by atoms with E-state index in [1.165, 1.54) is 43.6 Å². The predicted molar refractivity (Wildman–Crippen MR) is 109 cm³/mol. The van der Waals surface area contributed by atoms with Crippen molar-refractivity contribution in [1.29, 1.82) is 0 Å². The molecule has 1 unspecified atom stereocenters. The van der Waals surface area contributed by atoms with Crippen LogP contribution in [0.4, 0.5) is 11.5 Å². The highest BCUT2D eigenvalue weighted by molar-refractivity contribution is 7.80. The van der Waals surface area contributed by atoms with Gasteiger partial charge in [-0.25, -0.2) is 4.98 Å². The van der Waals surface area contributed by atoms with Crippen molar-refractivity contribution in [3.8, 4) is 0 Å². The average molecular weight is 355 g/mol. The second kappa shape index (κ2) is 8.30. The number of piperidine rings is 1. The minimum Gasteiger partial charge on any atom is -0.372 e. The lowest BCUT2D eigenvalue weighted by molar-refractivity contribution is 0.577. The van der Waals surface area contributed by atoms with Crippen LogP contribution in [0.5, 0.6) is 0 Å². The number of benzene rings is 1. The van der Waals surface area contributed by atoms with Gasteiger partial charge < -0.3 is 15.5 Å². The summed E-state index contributed by atoms with van der Waals surface area (Å²) in [6.07, 6.45) is 5.73. The Morgan fingerprint density at radius 3 is 2.52 bits per heavy atom. The highest BCUT2D eigenvalue weighted by Gasteiger charge is 2.12. The molecule has 1 aliphatic heterocycles. The molecule has 1 aromatic carbocycles. The van der Waals surface area contributed by atoms with Gasteiger partial charge in [-0.05, 0) is 80.7 Å². The zero-order valence-corrected chi connectivity index (χ0v) is 15.8. The summed E-state index contributed by atoms with van der Waals surface area (Å²) in [6, 6.07) is 12.9. The van der Waals surface area contributed by atoms with Gasteiger partial charge in [0.25, 0.3) is 0 Å². The molecular formula is C20H26N4S. The maximum atomic E-state index is 5.41. The molecule has 2 heterocycles. The molecule has 5 heteroatoms. The molecule has 1 fully saturated rings. The number of pyridine rings is 1. The Hall–Kier alpha value is -2.14. The van der Waals surface area contributed by atoms with Crippen LogP contribution in [0.2, 0.25) is 0 Å². The number of nitrogens with zero attached hydrogens (tertiary/aromatic N) is 2. The van der Waals surface area contributed by atoms with Crippen molar-refractivity contribution in [2.24, 2.45) is 0 Å². The van der Waals surface area contributed by atoms with Crippen LogP contribution in [-0.4, -0.2) is 23.2 Å². The van der Waals surface area contributed by atoms with E-state index in [0.717, 1.165) is 11.4 Å². The van der Waals surface area contributed by atoms with E-state index in [2.05, 4.69) is 51.7 Å². The molecule has 132 valence electrons. The minimum absolute atomic E-state index is 0.139. The second-order valence-corrected chi connectivity index (χ2v) is 7.09. The van der Waals surface area contributed by atoms with Crippen LogP contribution in [0.1, 0.15) is 43.4 Å². The summed E-state index contributed by atoms with van der Waals surface area (Å²) in [6.45, 7) is 6.50. The van der Waals surface area contributed by atoms with E-state index in [1.54, 1.807) is 6.20 Å². The number of hydrogen-bond donors (Lipinski definition) is 2. The van der Waals surface area contributed by atoms with E-state index in [1.807, 2.05) is 19.1 Å². The fraction of sp³-hybridized carbons (Fsp3) is 0.400. The first-order valence-corrected chi connectivity index (χ1v) is 9.38. The Balaban J connectivity index is 1.57. The molecule has 0 radical (unpaired) electrons. The fourth-order valence-electron chi connectivity index (χ4n) is 3.16. The number of rotatable bonds is 4. The normalized spacial score (nSPS) is 15.5. The molecule has 2 aromatic rings. The van der Waals surface area contributed by atoms with Crippen LogP contribution in [0.25, 0.3) is 0 Å². The quantitative estimate of drug-likeness (QED) is 0.795. The zero-order valence-electron chi connectivity index (χ0n) is 15.0. The molecule has 3 rings (SSSR count). The monoisotopic (exact) mass is 354 g/mol. The van der Waals surface area contributed by atoms with Crippen molar-refractivity contribution in [2.75, 3.05) is 23.3 Å². The average Bonchev–Trinajstić information content (AvgIpc) is 2.62. The molecule has 0 aliphatic carbocycles. The Bertz CT molecular complexity index is 708. The highest BCUT2D eigenvalue weighted by Crippen LogP contribution is 2.22. The Kier molecular flexibility index (Phi) is 5.87. The van der Waals surface area contributed by atoms with E-state index < -0.39 is 0 Å². The fourth-order valence-corrected chi connectivity index (χ4v) is 3.44. The van der Waals surface area contributed by atoms with Crippen molar-refractivity contribution in [2.45, 2.75) is 39.2 Å². The molecule has 0 saturated carbocycles. The molecule has 1 aliphatic rings. The van der Waals surface area contributed by atoms with Gasteiger partial charge in [0.15, 0.2) is 5.11 Å². The van der Waals surface area contributed by atoms with Crippen LogP contribution in [-0.2, 0) is 0 Å². The van der Waals surface area contributed by atoms with Gasteiger partial charge in [-0.1, -0.05) is 12.1 Å². The van der Waals surface area contributed by atoms with Crippen LogP contribution in [0.15, 0.2) is 42.6 Å². The third-order valence-electron chi connectivity index (χ3n) is 4.62. The predicted octanol–water partition coefficient (Wildman–Crippen LogP) is 4.43. The minimum atomic E-state index is 0.139. The van der Waals surface area contributed by atoms with Crippen LogP contribution in [0.3, 0.4) is 0 Å². The lowest BCUT2D eigenvalue weighted by Gasteiger charge is -2.29. The smallest absolute Gasteiger partial charge is 0.172 e. The molecule has 1 saturated heterocycles. The van der Waals surface area contributed by atoms with Crippen LogP contribution < -0.4 is 15.5 Å². The first kappa shape index (κ1) is 17.7. The topological polar surface area (TPSA) is 40.2 Å². The molecular weight excluding hydrogens is 328 g/mol. The Labute approximate surface area is 155 Å². The number of hydrogen-bond acceptors (Lipinski definition) is 3. The van der Waals surface area contributed by atoms with E-state index in [-0.39, 0.29) is 6.04 Å². The lowest BCUT2D eigenvalue weighted by Crippen LogP contribution is -2.31. The summed E-state index contributed by atoms with van der Waals surface area (Å²) >= 11 is 5.41. The standard InChI is InChI=1S/C20H26N4S/c1-15-10-11-21-19(14-15)23-20(25)22-16(2)17-6-8-18(9-7-17)24-12-4-3-5-13-24/h6-11,14,16H,3-5,12-13H2,1-2H3,(H2,21,22,23,25). The van der Waals surface area contributed by atoms with Crippen LogP contribution >= 0.6 is 12.2 Å². The summed E-state index contributed by atoms with van der Waals surface area (Å²) < 4.78 is 0. The van der Waals surface area contributed by atoms with Gasteiger partial charge in [0.2, 0.25) is 0 Å². The SMILES string of the molecule is Cc1ccnc(NC(=S)NC(C)c2ccc(N3CCCCC3)cc2)c1. The summed E-state index contributed by atoms with van der Waals surface area (Å²) in [7, 11) is 0. The van der Waals surface area contributed by atoms with Crippen molar-refractivity contribution in [1.82, 2.24) is 10.3 Å². The molecule has 25 heavy (non-hydrogen) atoms. The molecule has 2 N–H and O–H groups in total. The first-order chi connectivity index (χ1) is 12.1. The largest absolute Gasteiger partial charge is 0.372 e. The molecule has 1 aromatic heterocycles. The number of thiocarbonyl (C=S) groups is 1. The van der Waals surface area contributed by atoms with E-state index in [9.17, 15) is 0 Å². The third kappa shape index (κ3) is 4.92. The molecule has 4 nitrogen and oxygen atoms in total. The van der Waals surface area contributed by atoms with Gasteiger partial charge >= 0.3 is 0 Å². The lowest BCUT2D eigenvalue weighted by atomic mass is 10.1. The van der Waals surface area contributed by atoms with Crippen molar-refractivity contribution >= 4 is 28.8 Å². The van der Waals surface area contributed by atoms with Gasteiger partial charge in [0.05, 0.1) is 6.04 Å². The zero-order chi connectivity index (χ0) is 17.6. The van der Waals surface area contributed by atoms with E-state index >= 15 is 0 Å². The number of anilines is 2. The Morgan fingerprint density at radius 1 is 1.12 bits per heavy atom. The molecule has 0 amide bonds. The maximum Gasteiger partial charge on any atom is 0.172 e. The first-order valence-electron chi connectivity index (χ1n) is 8.97. The molecule has 0 spiro atoms. The highest BCUT2D eigenvalue weighted by atomic mass is 32.1. The second-order valence-electron chi connectivity index (χ2n) is 6.68. The molecule has 0 bridgehead atoms. The van der Waals surface area contributed by atoms with Crippen molar-refractivity contribution < 1.29 is 0 Å². The van der Waals surface area contributed by atoms with Gasteiger partial charge in [0.1, 0.15) is 5.82 Å². The number of aryl methyl sites for hydroxylation is 1. The summed E-state index contributed by atoms with van der Waals surface area (Å²) in [5, 5.41) is 7.07. The van der Waals surface area contributed by atoms with Crippen molar-refractivity contribution in [3.05, 3.63) is 53.7 Å². The maximum absolute atomic E-state index is 5.41. The van der Waals surface area contributed by atoms with E-state index in [0.29, 0.717) is 5.11 Å². The van der Waals surface area contributed by atoms with Gasteiger partial charge in [0, 0.05) is 25.0 Å². The van der Waals surface area contributed by atoms with Gasteiger partial charge in [-0.2, -0.15) is 0 Å². The van der Waals surface area contributed by atoms with Gasteiger partial charge in [-0.3, -0.25) is 0 Å². The summed E-state index contributed by atoms with van der Waals surface area (Å²) in [5.41, 5.74) is 3.70. The Morgan fingerprint density at radius 2 is 1.84 bits per heavy atom. The van der Waals surface area contributed by atoms with Crippen molar-refractivity contribution in [3.63, 3.8) is 0 Å².